The number of nitrogens with zero attached hydrogens (tertiary/aromatic N) is 2. The number of benzene rings is 1. The summed E-state index contributed by atoms with van der Waals surface area (Å²) < 4.78 is 13.7. The summed E-state index contributed by atoms with van der Waals surface area (Å²) in [4.78, 5) is 12.3. The monoisotopic (exact) mass is 345 g/mol. The molecule has 0 radical (unpaired) electrons. The van der Waals surface area contributed by atoms with Crippen molar-refractivity contribution in [2.75, 3.05) is 5.32 Å². The van der Waals surface area contributed by atoms with Crippen molar-refractivity contribution < 1.29 is 9.00 Å². The number of aromatic nitrogens is 2. The van der Waals surface area contributed by atoms with E-state index in [1.165, 1.54) is 5.56 Å². The van der Waals surface area contributed by atoms with E-state index in [1.807, 2.05) is 16.8 Å². The molecule has 2 heterocycles. The summed E-state index contributed by atoms with van der Waals surface area (Å²) in [6, 6.07) is 6.05. The Bertz CT molecular complexity index is 811. The highest BCUT2D eigenvalue weighted by atomic mass is 32.2. The van der Waals surface area contributed by atoms with E-state index in [2.05, 4.69) is 37.3 Å². The number of unbranched alkanes of at least 4 members (excludes halogenated alkanes) is 1. The Labute approximate surface area is 144 Å². The maximum absolute atomic E-state index is 12.3. The molecule has 5 nitrogen and oxygen atoms in total. The lowest BCUT2D eigenvalue weighted by molar-refractivity contribution is -0.116. The maximum Gasteiger partial charge on any atom is 0.225 e. The van der Waals surface area contributed by atoms with Gasteiger partial charge in [-0.15, -0.1) is 0 Å². The third-order valence-electron chi connectivity index (χ3n) is 4.49. The number of hydrogen-bond donors (Lipinski definition) is 1. The van der Waals surface area contributed by atoms with Crippen LogP contribution in [0.2, 0.25) is 0 Å². The molecule has 1 aliphatic rings. The molecule has 0 bridgehead atoms. The van der Waals surface area contributed by atoms with E-state index in [0.29, 0.717) is 23.7 Å². The fourth-order valence-electron chi connectivity index (χ4n) is 2.93. The van der Waals surface area contributed by atoms with Crippen LogP contribution < -0.4 is 5.32 Å². The van der Waals surface area contributed by atoms with E-state index in [-0.39, 0.29) is 5.91 Å². The van der Waals surface area contributed by atoms with E-state index in [4.69, 9.17) is 0 Å². The lowest BCUT2D eigenvalue weighted by atomic mass is 10.1. The Morgan fingerprint density at radius 2 is 2.12 bits per heavy atom. The largest absolute Gasteiger partial charge is 0.310 e. The summed E-state index contributed by atoms with van der Waals surface area (Å²) >= 11 is 0. The van der Waals surface area contributed by atoms with Gasteiger partial charge in [0.25, 0.3) is 0 Å². The predicted molar refractivity (Wildman–Crippen MR) is 96.7 cm³/mol. The van der Waals surface area contributed by atoms with Gasteiger partial charge in [-0.25, -0.2) is 4.68 Å². The van der Waals surface area contributed by atoms with Crippen molar-refractivity contribution in [3.8, 4) is 5.69 Å². The van der Waals surface area contributed by atoms with Gasteiger partial charge in [-0.3, -0.25) is 9.00 Å². The molecule has 0 unspecified atom stereocenters. The maximum atomic E-state index is 12.3. The second-order valence-corrected chi connectivity index (χ2v) is 7.74. The zero-order valence-corrected chi connectivity index (χ0v) is 15.2. The summed E-state index contributed by atoms with van der Waals surface area (Å²) in [5, 5.41) is 7.67. The van der Waals surface area contributed by atoms with E-state index < -0.39 is 10.8 Å². The third kappa shape index (κ3) is 3.15. The Balaban J connectivity index is 2.03. The molecule has 1 atom stereocenters. The van der Waals surface area contributed by atoms with Crippen LogP contribution in [0.25, 0.3) is 5.69 Å². The molecule has 128 valence electrons. The van der Waals surface area contributed by atoms with Gasteiger partial charge < -0.3 is 5.32 Å². The fourth-order valence-corrected chi connectivity index (χ4v) is 4.19. The van der Waals surface area contributed by atoms with Gasteiger partial charge in [0, 0.05) is 22.8 Å². The van der Waals surface area contributed by atoms with Crippen LogP contribution in [0.4, 0.5) is 5.82 Å². The summed E-state index contributed by atoms with van der Waals surface area (Å²) in [6.07, 6.45) is 2.33. The van der Waals surface area contributed by atoms with Crippen LogP contribution in [-0.4, -0.2) is 19.9 Å². The highest BCUT2D eigenvalue weighted by Crippen LogP contribution is 2.32. The Kier molecular flexibility index (Phi) is 4.85. The van der Waals surface area contributed by atoms with Gasteiger partial charge in [-0.05, 0) is 37.5 Å². The van der Waals surface area contributed by atoms with Crippen molar-refractivity contribution in [2.24, 2.45) is 0 Å². The summed E-state index contributed by atoms with van der Waals surface area (Å²) in [5.74, 6) is 1.60. The Morgan fingerprint density at radius 3 is 2.88 bits per heavy atom. The van der Waals surface area contributed by atoms with Crippen LogP contribution in [0.3, 0.4) is 0 Å². The minimum Gasteiger partial charge on any atom is -0.310 e. The number of amides is 1. The number of fused-ring (bicyclic) bond motifs is 1. The first-order chi connectivity index (χ1) is 11.5. The summed E-state index contributed by atoms with van der Waals surface area (Å²) in [6.45, 7) is 6.18. The molecule has 1 amide bonds. The van der Waals surface area contributed by atoms with Gasteiger partial charge in [0.15, 0.2) is 0 Å². The van der Waals surface area contributed by atoms with Gasteiger partial charge >= 0.3 is 0 Å². The van der Waals surface area contributed by atoms with Crippen molar-refractivity contribution in [2.45, 2.75) is 51.5 Å². The molecule has 24 heavy (non-hydrogen) atoms. The zero-order chi connectivity index (χ0) is 17.3. The fraction of sp³-hybridized carbons (Fsp3) is 0.444. The second kappa shape index (κ2) is 6.89. The molecule has 0 saturated heterocycles. The van der Waals surface area contributed by atoms with Crippen molar-refractivity contribution in [3.63, 3.8) is 0 Å². The quantitative estimate of drug-likeness (QED) is 0.903. The minimum atomic E-state index is -0.920. The first-order valence-corrected chi connectivity index (χ1v) is 9.82. The average Bonchev–Trinajstić information content (AvgIpc) is 3.05. The van der Waals surface area contributed by atoms with Gasteiger partial charge in [0.2, 0.25) is 5.91 Å². The molecule has 1 aliphatic heterocycles. The molecule has 0 spiro atoms. The van der Waals surface area contributed by atoms with Crippen LogP contribution in [-0.2, 0) is 27.1 Å². The second-order valence-electron chi connectivity index (χ2n) is 6.28. The smallest absolute Gasteiger partial charge is 0.225 e. The lowest BCUT2D eigenvalue weighted by Gasteiger charge is -2.14. The lowest BCUT2D eigenvalue weighted by Crippen LogP contribution is -2.16. The van der Waals surface area contributed by atoms with Gasteiger partial charge in [0.1, 0.15) is 5.82 Å². The van der Waals surface area contributed by atoms with E-state index in [0.717, 1.165) is 35.3 Å². The number of hydrogen-bond acceptors (Lipinski definition) is 3. The molecule has 2 aromatic rings. The first kappa shape index (κ1) is 16.9. The van der Waals surface area contributed by atoms with E-state index >= 15 is 0 Å². The molecule has 0 fully saturated rings. The van der Waals surface area contributed by atoms with Crippen molar-refractivity contribution >= 4 is 22.5 Å². The number of carbonyl (C=O) groups is 1. The molecular formula is C18H23N3O2S. The highest BCUT2D eigenvalue weighted by Gasteiger charge is 2.28. The number of carbonyl (C=O) groups excluding carboxylic acids is 1. The number of nitrogens with one attached hydrogen (secondary N) is 1. The number of anilines is 1. The SMILES string of the molecule is CCCCC(=O)Nc1c2c(nn1-c1cccc(C)c1C)C[S@@](=O)C2. The molecular weight excluding hydrogens is 322 g/mol. The normalized spacial score (nSPS) is 16.2. The van der Waals surface area contributed by atoms with Crippen molar-refractivity contribution in [1.82, 2.24) is 9.78 Å². The average molecular weight is 345 g/mol. The van der Waals surface area contributed by atoms with Crippen LogP contribution in [0.5, 0.6) is 0 Å². The zero-order valence-electron chi connectivity index (χ0n) is 14.4. The molecule has 0 aliphatic carbocycles. The standard InChI is InChI=1S/C18H23N3O2S/c1-4-5-9-17(22)19-18-14-10-24(23)11-15(14)20-21(18)16-8-6-7-12(2)13(16)3/h6-8H,4-5,9-11H2,1-3H3,(H,19,22)/t24-/m0/s1. The molecule has 3 rings (SSSR count). The minimum absolute atomic E-state index is 0.0104. The summed E-state index contributed by atoms with van der Waals surface area (Å²) in [7, 11) is -0.920. The third-order valence-corrected chi connectivity index (χ3v) is 5.70. The Hall–Kier alpha value is -1.95. The van der Waals surface area contributed by atoms with Gasteiger partial charge in [-0.2, -0.15) is 5.10 Å². The topological polar surface area (TPSA) is 64.0 Å². The molecule has 1 N–H and O–H groups in total. The van der Waals surface area contributed by atoms with Crippen LogP contribution >= 0.6 is 0 Å². The molecule has 1 aromatic heterocycles. The molecule has 6 heteroatoms. The molecule has 1 aromatic carbocycles. The molecule has 0 saturated carbocycles. The summed E-state index contributed by atoms with van der Waals surface area (Å²) in [5.41, 5.74) is 5.01. The van der Waals surface area contributed by atoms with Crippen molar-refractivity contribution in [1.29, 1.82) is 0 Å². The van der Waals surface area contributed by atoms with Crippen LogP contribution in [0.15, 0.2) is 18.2 Å². The number of aryl methyl sites for hydroxylation is 1. The van der Waals surface area contributed by atoms with Crippen LogP contribution in [0, 0.1) is 13.8 Å². The highest BCUT2D eigenvalue weighted by molar-refractivity contribution is 7.83. The first-order valence-electron chi connectivity index (χ1n) is 8.33. The van der Waals surface area contributed by atoms with Crippen LogP contribution in [0.1, 0.15) is 48.6 Å². The van der Waals surface area contributed by atoms with E-state index in [9.17, 15) is 9.00 Å². The van der Waals surface area contributed by atoms with Gasteiger partial charge in [-0.1, -0.05) is 25.5 Å². The predicted octanol–water partition coefficient (Wildman–Crippen LogP) is 3.38. The van der Waals surface area contributed by atoms with Crippen molar-refractivity contribution in [3.05, 3.63) is 40.6 Å². The van der Waals surface area contributed by atoms with E-state index in [1.54, 1.807) is 0 Å². The number of rotatable bonds is 5. The van der Waals surface area contributed by atoms with Gasteiger partial charge in [0.05, 0.1) is 22.9 Å². The Morgan fingerprint density at radius 1 is 1.33 bits per heavy atom.